The van der Waals surface area contributed by atoms with Gasteiger partial charge in [0, 0.05) is 38.6 Å². The lowest BCUT2D eigenvalue weighted by atomic mass is 10.3. The van der Waals surface area contributed by atoms with Crippen LogP contribution in [-0.2, 0) is 10.0 Å². The molecule has 4 rings (SSSR count). The summed E-state index contributed by atoms with van der Waals surface area (Å²) in [6.07, 6.45) is 3.24. The fourth-order valence-electron chi connectivity index (χ4n) is 2.63. The Morgan fingerprint density at radius 2 is 1.96 bits per heavy atom. The Morgan fingerprint density at radius 1 is 1.16 bits per heavy atom. The topological polar surface area (TPSA) is 101 Å². The van der Waals surface area contributed by atoms with Crippen LogP contribution in [0.4, 0.5) is 0 Å². The molecule has 1 aliphatic heterocycles. The molecular formula is C14H14N6O3S2. The normalized spacial score (nSPS) is 16.4. The molecule has 1 aliphatic rings. The smallest absolute Gasteiger partial charge is 0.293 e. The van der Waals surface area contributed by atoms with Gasteiger partial charge in [-0.1, -0.05) is 6.07 Å². The number of carbonyl (C=O) groups excluding carboxylic acids is 1. The van der Waals surface area contributed by atoms with Crippen LogP contribution in [0.15, 0.2) is 40.2 Å². The van der Waals surface area contributed by atoms with Gasteiger partial charge in [-0.3, -0.25) is 4.79 Å². The Labute approximate surface area is 147 Å². The molecule has 0 unspecified atom stereocenters. The van der Waals surface area contributed by atoms with E-state index in [4.69, 9.17) is 0 Å². The van der Waals surface area contributed by atoms with Gasteiger partial charge < -0.3 is 4.90 Å². The molecule has 1 saturated heterocycles. The molecule has 0 aromatic carbocycles. The molecule has 25 heavy (non-hydrogen) atoms. The number of thiophene rings is 1. The lowest BCUT2D eigenvalue weighted by Gasteiger charge is -2.33. The first kappa shape index (κ1) is 16.1. The molecule has 0 saturated carbocycles. The summed E-state index contributed by atoms with van der Waals surface area (Å²) in [6, 6.07) is 5.00. The third-order valence-electron chi connectivity index (χ3n) is 3.92. The minimum Gasteiger partial charge on any atom is -0.333 e. The quantitative estimate of drug-likeness (QED) is 0.651. The summed E-state index contributed by atoms with van der Waals surface area (Å²) in [6.45, 7) is 1.09. The number of hydrogen-bond acceptors (Lipinski definition) is 7. The molecule has 0 radical (unpaired) electrons. The van der Waals surface area contributed by atoms with Crippen LogP contribution in [0.5, 0.6) is 0 Å². The van der Waals surface area contributed by atoms with Crippen molar-refractivity contribution in [3.05, 3.63) is 41.8 Å². The standard InChI is InChI=1S/C14H14N6O3S2/c21-13(12-16-14-15-4-2-5-20(14)17-12)18-6-8-19(9-7-18)25(22,23)11-3-1-10-24-11/h1-5,10H,6-9H2. The second kappa shape index (κ2) is 6.17. The number of nitrogens with zero attached hydrogens (tertiary/aromatic N) is 6. The van der Waals surface area contributed by atoms with Gasteiger partial charge in [-0.15, -0.1) is 16.4 Å². The van der Waals surface area contributed by atoms with E-state index in [0.29, 0.717) is 23.1 Å². The zero-order valence-corrected chi connectivity index (χ0v) is 14.7. The Kier molecular flexibility index (Phi) is 3.98. The maximum Gasteiger partial charge on any atom is 0.293 e. The average Bonchev–Trinajstić information content (AvgIpc) is 3.31. The van der Waals surface area contributed by atoms with Crippen molar-refractivity contribution >= 4 is 33.0 Å². The third kappa shape index (κ3) is 2.90. The Hall–Kier alpha value is -2.37. The minimum atomic E-state index is -3.48. The van der Waals surface area contributed by atoms with E-state index in [-0.39, 0.29) is 24.8 Å². The van der Waals surface area contributed by atoms with Gasteiger partial charge in [0.05, 0.1) is 0 Å². The molecule has 3 aromatic heterocycles. The van der Waals surface area contributed by atoms with Crippen LogP contribution in [-0.4, -0.2) is 69.3 Å². The fraction of sp³-hybridized carbons (Fsp3) is 0.286. The molecule has 0 atom stereocenters. The largest absolute Gasteiger partial charge is 0.333 e. The predicted octanol–water partition coefficient (Wildman–Crippen LogP) is 0.332. The highest BCUT2D eigenvalue weighted by atomic mass is 32.2. The first-order chi connectivity index (χ1) is 12.1. The zero-order chi connectivity index (χ0) is 17.4. The van der Waals surface area contributed by atoms with Gasteiger partial charge in [-0.05, 0) is 17.5 Å². The third-order valence-corrected chi connectivity index (χ3v) is 7.19. The summed E-state index contributed by atoms with van der Waals surface area (Å²) in [5.41, 5.74) is 0. The van der Waals surface area contributed by atoms with E-state index in [0.717, 1.165) is 0 Å². The number of amides is 1. The molecule has 1 amide bonds. The summed E-state index contributed by atoms with van der Waals surface area (Å²) in [5, 5.41) is 5.85. The molecule has 3 aromatic rings. The number of aromatic nitrogens is 4. The molecule has 11 heteroatoms. The number of piperazine rings is 1. The van der Waals surface area contributed by atoms with E-state index in [1.807, 2.05) is 0 Å². The first-order valence-electron chi connectivity index (χ1n) is 7.56. The Bertz CT molecular complexity index is 973. The molecule has 0 aliphatic carbocycles. The minimum absolute atomic E-state index is 0.0632. The van der Waals surface area contributed by atoms with Crippen LogP contribution >= 0.6 is 11.3 Å². The van der Waals surface area contributed by atoms with E-state index in [1.54, 1.807) is 40.9 Å². The first-order valence-corrected chi connectivity index (χ1v) is 9.88. The second-order valence-corrected chi connectivity index (χ2v) is 8.54. The highest BCUT2D eigenvalue weighted by Gasteiger charge is 2.32. The molecule has 130 valence electrons. The van der Waals surface area contributed by atoms with Crippen molar-refractivity contribution in [1.29, 1.82) is 0 Å². The van der Waals surface area contributed by atoms with E-state index in [2.05, 4.69) is 15.1 Å². The number of rotatable bonds is 3. The SMILES string of the molecule is O=C(c1nc2ncccn2n1)N1CCN(S(=O)(=O)c2cccs2)CC1. The lowest BCUT2D eigenvalue weighted by molar-refractivity contribution is 0.0686. The van der Waals surface area contributed by atoms with Gasteiger partial charge in [-0.25, -0.2) is 17.9 Å². The summed E-state index contributed by atoms with van der Waals surface area (Å²) in [7, 11) is -3.48. The average molecular weight is 378 g/mol. The van der Waals surface area contributed by atoms with E-state index in [9.17, 15) is 13.2 Å². The van der Waals surface area contributed by atoms with Gasteiger partial charge in [0.1, 0.15) is 4.21 Å². The molecule has 0 bridgehead atoms. The highest BCUT2D eigenvalue weighted by Crippen LogP contribution is 2.22. The van der Waals surface area contributed by atoms with Crippen molar-refractivity contribution in [2.45, 2.75) is 4.21 Å². The van der Waals surface area contributed by atoms with Crippen molar-refractivity contribution in [3.63, 3.8) is 0 Å². The van der Waals surface area contributed by atoms with Crippen molar-refractivity contribution in [2.75, 3.05) is 26.2 Å². The second-order valence-electron chi connectivity index (χ2n) is 5.43. The number of hydrogen-bond donors (Lipinski definition) is 0. The van der Waals surface area contributed by atoms with Crippen LogP contribution in [0.3, 0.4) is 0 Å². The summed E-state index contributed by atoms with van der Waals surface area (Å²) in [5.74, 6) is 0.0942. The predicted molar refractivity (Wildman–Crippen MR) is 89.8 cm³/mol. The van der Waals surface area contributed by atoms with Crippen molar-refractivity contribution in [1.82, 2.24) is 28.8 Å². The van der Waals surface area contributed by atoms with Gasteiger partial charge >= 0.3 is 0 Å². The van der Waals surface area contributed by atoms with Gasteiger partial charge in [-0.2, -0.15) is 9.29 Å². The summed E-state index contributed by atoms with van der Waals surface area (Å²) < 4.78 is 28.2. The van der Waals surface area contributed by atoms with E-state index < -0.39 is 10.0 Å². The fourth-order valence-corrected chi connectivity index (χ4v) is 5.20. The van der Waals surface area contributed by atoms with Crippen molar-refractivity contribution in [3.8, 4) is 0 Å². The van der Waals surface area contributed by atoms with Crippen LogP contribution in [0.2, 0.25) is 0 Å². The Morgan fingerprint density at radius 3 is 2.64 bits per heavy atom. The number of carbonyl (C=O) groups is 1. The van der Waals surface area contributed by atoms with Crippen LogP contribution in [0.25, 0.3) is 5.78 Å². The van der Waals surface area contributed by atoms with Crippen LogP contribution in [0.1, 0.15) is 10.6 Å². The Balaban J connectivity index is 1.47. The van der Waals surface area contributed by atoms with Crippen molar-refractivity contribution < 1.29 is 13.2 Å². The molecule has 4 heterocycles. The molecule has 1 fully saturated rings. The molecular weight excluding hydrogens is 364 g/mol. The molecule has 0 N–H and O–H groups in total. The maximum absolute atomic E-state index is 12.5. The monoisotopic (exact) mass is 378 g/mol. The zero-order valence-electron chi connectivity index (χ0n) is 13.0. The highest BCUT2D eigenvalue weighted by molar-refractivity contribution is 7.91. The van der Waals surface area contributed by atoms with Gasteiger partial charge in [0.2, 0.25) is 5.82 Å². The van der Waals surface area contributed by atoms with Crippen molar-refractivity contribution in [2.24, 2.45) is 0 Å². The van der Waals surface area contributed by atoms with E-state index in [1.165, 1.54) is 20.2 Å². The van der Waals surface area contributed by atoms with Crippen LogP contribution < -0.4 is 0 Å². The van der Waals surface area contributed by atoms with Crippen LogP contribution in [0, 0.1) is 0 Å². The van der Waals surface area contributed by atoms with Gasteiger partial charge in [0.15, 0.2) is 0 Å². The number of fused-ring (bicyclic) bond motifs is 1. The van der Waals surface area contributed by atoms with Gasteiger partial charge in [0.25, 0.3) is 21.7 Å². The molecule has 0 spiro atoms. The summed E-state index contributed by atoms with van der Waals surface area (Å²) in [4.78, 5) is 22.3. The summed E-state index contributed by atoms with van der Waals surface area (Å²) >= 11 is 1.19. The number of sulfonamides is 1. The molecule has 9 nitrogen and oxygen atoms in total. The van der Waals surface area contributed by atoms with E-state index >= 15 is 0 Å². The maximum atomic E-state index is 12.5. The lowest BCUT2D eigenvalue weighted by Crippen LogP contribution is -2.50.